The van der Waals surface area contributed by atoms with E-state index < -0.39 is 6.10 Å². The molecule has 3 nitrogen and oxygen atoms in total. The molecule has 23 heavy (non-hydrogen) atoms. The van der Waals surface area contributed by atoms with Crippen LogP contribution in [0.15, 0.2) is 54.6 Å². The average molecular weight is 309 g/mol. The topological polar surface area (TPSA) is 38.3 Å². The maximum absolute atomic E-state index is 12.6. The summed E-state index contributed by atoms with van der Waals surface area (Å²) in [4.78, 5) is 12.6. The average Bonchev–Trinajstić information content (AvgIpc) is 2.99. The third-order valence-electron chi connectivity index (χ3n) is 4.17. The Morgan fingerprint density at radius 1 is 1.13 bits per heavy atom. The highest BCUT2D eigenvalue weighted by atomic mass is 16.5. The fourth-order valence-corrected chi connectivity index (χ4v) is 3.03. The SMILES string of the molecule is CC(C)CC(NC(=O)C1Cc2ccccc2O1)c1ccccc1. The molecule has 0 aromatic heterocycles. The zero-order valence-corrected chi connectivity index (χ0v) is 13.7. The van der Waals surface area contributed by atoms with Crippen molar-refractivity contribution in [1.29, 1.82) is 0 Å². The van der Waals surface area contributed by atoms with Crippen LogP contribution in [0.5, 0.6) is 5.75 Å². The van der Waals surface area contributed by atoms with Gasteiger partial charge in [-0.1, -0.05) is 62.4 Å². The van der Waals surface area contributed by atoms with E-state index in [-0.39, 0.29) is 11.9 Å². The van der Waals surface area contributed by atoms with Crippen LogP contribution in [0.2, 0.25) is 0 Å². The normalized spacial score (nSPS) is 17.4. The molecule has 0 fully saturated rings. The Hall–Kier alpha value is -2.29. The van der Waals surface area contributed by atoms with E-state index in [4.69, 9.17) is 4.74 Å². The minimum atomic E-state index is -0.425. The molecule has 2 atom stereocenters. The Labute approximate surface area is 137 Å². The van der Waals surface area contributed by atoms with Crippen molar-refractivity contribution in [2.24, 2.45) is 5.92 Å². The summed E-state index contributed by atoms with van der Waals surface area (Å²) < 4.78 is 5.80. The number of para-hydroxylation sites is 1. The number of hydrogen-bond donors (Lipinski definition) is 1. The van der Waals surface area contributed by atoms with Gasteiger partial charge < -0.3 is 10.1 Å². The summed E-state index contributed by atoms with van der Waals surface area (Å²) in [6.45, 7) is 4.34. The lowest BCUT2D eigenvalue weighted by Crippen LogP contribution is -2.40. The number of carbonyl (C=O) groups excluding carboxylic acids is 1. The van der Waals surface area contributed by atoms with E-state index >= 15 is 0 Å². The maximum Gasteiger partial charge on any atom is 0.261 e. The lowest BCUT2D eigenvalue weighted by molar-refractivity contribution is -0.128. The molecule has 0 bridgehead atoms. The van der Waals surface area contributed by atoms with Crippen LogP contribution >= 0.6 is 0 Å². The van der Waals surface area contributed by atoms with Crippen molar-refractivity contribution in [3.05, 3.63) is 65.7 Å². The van der Waals surface area contributed by atoms with Crippen molar-refractivity contribution in [3.63, 3.8) is 0 Å². The van der Waals surface area contributed by atoms with Crippen molar-refractivity contribution in [2.75, 3.05) is 0 Å². The van der Waals surface area contributed by atoms with E-state index in [1.165, 1.54) is 0 Å². The Morgan fingerprint density at radius 2 is 1.83 bits per heavy atom. The van der Waals surface area contributed by atoms with Gasteiger partial charge in [0, 0.05) is 6.42 Å². The number of hydrogen-bond acceptors (Lipinski definition) is 2. The van der Waals surface area contributed by atoms with Crippen molar-refractivity contribution < 1.29 is 9.53 Å². The fraction of sp³-hybridized carbons (Fsp3) is 0.350. The molecule has 2 unspecified atom stereocenters. The van der Waals surface area contributed by atoms with Gasteiger partial charge in [-0.3, -0.25) is 4.79 Å². The van der Waals surface area contributed by atoms with E-state index in [2.05, 4.69) is 31.3 Å². The quantitative estimate of drug-likeness (QED) is 0.910. The van der Waals surface area contributed by atoms with Gasteiger partial charge in [-0.2, -0.15) is 0 Å². The van der Waals surface area contributed by atoms with Crippen LogP contribution < -0.4 is 10.1 Å². The first kappa shape index (κ1) is 15.6. The molecule has 2 aromatic rings. The van der Waals surface area contributed by atoms with Gasteiger partial charge in [0.25, 0.3) is 5.91 Å². The van der Waals surface area contributed by atoms with Crippen molar-refractivity contribution in [3.8, 4) is 5.75 Å². The minimum absolute atomic E-state index is 0.0241. The number of benzene rings is 2. The van der Waals surface area contributed by atoms with E-state index in [1.54, 1.807) is 0 Å². The smallest absolute Gasteiger partial charge is 0.261 e. The number of carbonyl (C=O) groups is 1. The molecular formula is C20H23NO2. The molecule has 0 saturated heterocycles. The third-order valence-corrected chi connectivity index (χ3v) is 4.17. The molecule has 2 aromatic carbocycles. The molecule has 1 N–H and O–H groups in total. The molecule has 0 aliphatic carbocycles. The molecule has 120 valence electrons. The largest absolute Gasteiger partial charge is 0.480 e. The summed E-state index contributed by atoms with van der Waals surface area (Å²) in [5.74, 6) is 1.30. The minimum Gasteiger partial charge on any atom is -0.480 e. The molecule has 1 heterocycles. The second-order valence-electron chi connectivity index (χ2n) is 6.52. The van der Waals surface area contributed by atoms with Gasteiger partial charge in [0.2, 0.25) is 0 Å². The number of amides is 1. The van der Waals surface area contributed by atoms with E-state index in [9.17, 15) is 4.79 Å². The molecule has 1 aliphatic heterocycles. The standard InChI is InChI=1S/C20H23NO2/c1-14(2)12-17(15-8-4-3-5-9-15)21-20(22)19-13-16-10-6-7-11-18(16)23-19/h3-11,14,17,19H,12-13H2,1-2H3,(H,21,22). The van der Waals surface area contributed by atoms with Crippen LogP contribution in [0.1, 0.15) is 37.4 Å². The molecule has 0 spiro atoms. The first-order valence-electron chi connectivity index (χ1n) is 8.23. The Bertz CT molecular complexity index is 641. The Kier molecular flexibility index (Phi) is 4.65. The summed E-state index contributed by atoms with van der Waals surface area (Å²) in [6.07, 6.45) is 1.13. The second kappa shape index (κ2) is 6.86. The molecule has 0 radical (unpaired) electrons. The van der Waals surface area contributed by atoms with Crippen LogP contribution in [0.25, 0.3) is 0 Å². The lowest BCUT2D eigenvalue weighted by Gasteiger charge is -2.23. The van der Waals surface area contributed by atoms with Crippen molar-refractivity contribution in [2.45, 2.75) is 38.8 Å². The molecule has 1 aliphatic rings. The fourth-order valence-electron chi connectivity index (χ4n) is 3.03. The van der Waals surface area contributed by atoms with Gasteiger partial charge in [-0.25, -0.2) is 0 Å². The molecular weight excluding hydrogens is 286 g/mol. The van der Waals surface area contributed by atoms with Crippen LogP contribution in [0.4, 0.5) is 0 Å². The van der Waals surface area contributed by atoms with Gasteiger partial charge in [-0.15, -0.1) is 0 Å². The highest BCUT2D eigenvalue weighted by molar-refractivity contribution is 5.83. The first-order chi connectivity index (χ1) is 11.1. The van der Waals surface area contributed by atoms with Gasteiger partial charge in [0.1, 0.15) is 5.75 Å². The monoisotopic (exact) mass is 309 g/mol. The highest BCUT2D eigenvalue weighted by Gasteiger charge is 2.30. The van der Waals surface area contributed by atoms with Gasteiger partial charge in [-0.05, 0) is 29.5 Å². The maximum atomic E-state index is 12.6. The van der Waals surface area contributed by atoms with E-state index in [0.717, 1.165) is 23.3 Å². The van der Waals surface area contributed by atoms with Crippen molar-refractivity contribution in [1.82, 2.24) is 5.32 Å². The zero-order valence-electron chi connectivity index (χ0n) is 13.7. The zero-order chi connectivity index (χ0) is 16.2. The molecule has 3 heteroatoms. The summed E-state index contributed by atoms with van der Waals surface area (Å²) in [5.41, 5.74) is 2.25. The van der Waals surface area contributed by atoms with Gasteiger partial charge >= 0.3 is 0 Å². The second-order valence-corrected chi connectivity index (χ2v) is 6.52. The summed E-state index contributed by atoms with van der Waals surface area (Å²) in [6, 6.07) is 18.0. The number of rotatable bonds is 5. The lowest BCUT2D eigenvalue weighted by atomic mass is 9.96. The predicted octanol–water partition coefficient (Wildman–Crippen LogP) is 3.89. The molecule has 3 rings (SSSR count). The molecule has 1 amide bonds. The van der Waals surface area contributed by atoms with Crippen LogP contribution in [0.3, 0.4) is 0 Å². The first-order valence-corrected chi connectivity index (χ1v) is 8.23. The van der Waals surface area contributed by atoms with Crippen molar-refractivity contribution >= 4 is 5.91 Å². The van der Waals surface area contributed by atoms with Crippen LogP contribution in [-0.4, -0.2) is 12.0 Å². The predicted molar refractivity (Wildman–Crippen MR) is 91.3 cm³/mol. The number of nitrogens with one attached hydrogen (secondary N) is 1. The number of ether oxygens (including phenoxy) is 1. The summed E-state index contributed by atoms with van der Waals surface area (Å²) in [5, 5.41) is 3.18. The van der Waals surface area contributed by atoms with Gasteiger partial charge in [0.15, 0.2) is 6.10 Å². The third kappa shape index (κ3) is 3.73. The molecule has 0 saturated carbocycles. The Morgan fingerprint density at radius 3 is 2.52 bits per heavy atom. The number of fused-ring (bicyclic) bond motifs is 1. The van der Waals surface area contributed by atoms with Crippen LogP contribution in [-0.2, 0) is 11.2 Å². The van der Waals surface area contributed by atoms with Gasteiger partial charge in [0.05, 0.1) is 6.04 Å². The van der Waals surface area contributed by atoms with E-state index in [1.807, 2.05) is 42.5 Å². The summed E-state index contributed by atoms with van der Waals surface area (Å²) >= 11 is 0. The summed E-state index contributed by atoms with van der Waals surface area (Å²) in [7, 11) is 0. The van der Waals surface area contributed by atoms with Crippen LogP contribution in [0, 0.1) is 5.92 Å². The Balaban J connectivity index is 1.70. The highest BCUT2D eigenvalue weighted by Crippen LogP contribution is 2.29. The van der Waals surface area contributed by atoms with E-state index in [0.29, 0.717) is 12.3 Å².